The van der Waals surface area contributed by atoms with Gasteiger partial charge in [0.15, 0.2) is 5.16 Å². The van der Waals surface area contributed by atoms with Crippen molar-refractivity contribution in [2.75, 3.05) is 0 Å². The molecule has 0 fully saturated rings. The fraction of sp³-hybridized carbons (Fsp3) is 0.200. The molecule has 0 unspecified atom stereocenters. The van der Waals surface area contributed by atoms with Gasteiger partial charge in [0, 0.05) is 17.1 Å². The molecule has 2 aromatic heterocycles. The van der Waals surface area contributed by atoms with E-state index in [0.29, 0.717) is 0 Å². The minimum Gasteiger partial charge on any atom is -0.333 e. The number of nitrogens with one attached hydrogen (secondary N) is 1. The van der Waals surface area contributed by atoms with Crippen LogP contribution >= 0.6 is 11.8 Å². The minimum atomic E-state index is 0.0141. The van der Waals surface area contributed by atoms with Crippen LogP contribution in [0.4, 0.5) is 0 Å². The van der Waals surface area contributed by atoms with Crippen LogP contribution in [0.2, 0.25) is 0 Å². The number of hydrogen-bond acceptors (Lipinski definition) is 4. The number of pyridine rings is 1. The van der Waals surface area contributed by atoms with E-state index in [2.05, 4.69) is 21.9 Å². The van der Waals surface area contributed by atoms with Crippen LogP contribution in [0.3, 0.4) is 0 Å². The molecule has 1 aromatic carbocycles. The van der Waals surface area contributed by atoms with E-state index < -0.39 is 0 Å². The number of rotatable bonds is 4. The SMILES string of the molecule is CC[C@@H](N)c1ccc(Sc2nc3ccccc3[nH]2)cn1. The summed E-state index contributed by atoms with van der Waals surface area (Å²) in [4.78, 5) is 13.3. The number of para-hydroxylation sites is 2. The molecule has 20 heavy (non-hydrogen) atoms. The van der Waals surface area contributed by atoms with E-state index >= 15 is 0 Å². The lowest BCUT2D eigenvalue weighted by atomic mass is 10.1. The summed E-state index contributed by atoms with van der Waals surface area (Å²) < 4.78 is 0. The number of hydrogen-bond donors (Lipinski definition) is 2. The molecule has 2 heterocycles. The average Bonchev–Trinajstić information content (AvgIpc) is 2.89. The van der Waals surface area contributed by atoms with E-state index in [9.17, 15) is 0 Å². The molecule has 0 saturated carbocycles. The lowest BCUT2D eigenvalue weighted by Gasteiger charge is -2.07. The summed E-state index contributed by atoms with van der Waals surface area (Å²) in [6.07, 6.45) is 2.74. The number of nitrogens with two attached hydrogens (primary N) is 1. The summed E-state index contributed by atoms with van der Waals surface area (Å²) in [5, 5.41) is 0.875. The molecule has 0 aliphatic heterocycles. The van der Waals surface area contributed by atoms with Gasteiger partial charge >= 0.3 is 0 Å². The molecule has 0 radical (unpaired) electrons. The highest BCUT2D eigenvalue weighted by atomic mass is 32.2. The van der Waals surface area contributed by atoms with Crippen LogP contribution in [0.1, 0.15) is 25.1 Å². The normalized spacial score (nSPS) is 12.7. The standard InChI is InChI=1S/C15H16N4S/c1-2-11(16)12-8-7-10(9-17-12)20-15-18-13-5-3-4-6-14(13)19-15/h3-9,11H,2,16H2,1H3,(H,18,19)/t11-/m1/s1. The van der Waals surface area contributed by atoms with E-state index in [-0.39, 0.29) is 6.04 Å². The summed E-state index contributed by atoms with van der Waals surface area (Å²) in [7, 11) is 0. The van der Waals surface area contributed by atoms with E-state index in [0.717, 1.165) is 33.2 Å². The zero-order valence-corrected chi connectivity index (χ0v) is 12.0. The predicted molar refractivity (Wildman–Crippen MR) is 81.7 cm³/mol. The molecule has 0 bridgehead atoms. The Hall–Kier alpha value is -1.85. The highest BCUT2D eigenvalue weighted by Crippen LogP contribution is 2.27. The first-order chi connectivity index (χ1) is 9.76. The molecule has 0 aliphatic rings. The van der Waals surface area contributed by atoms with Crippen LogP contribution in [-0.4, -0.2) is 15.0 Å². The van der Waals surface area contributed by atoms with Gasteiger partial charge in [-0.05, 0) is 30.7 Å². The Balaban J connectivity index is 1.80. The second-order valence-electron chi connectivity index (χ2n) is 4.59. The maximum Gasteiger partial charge on any atom is 0.171 e. The van der Waals surface area contributed by atoms with E-state index in [1.54, 1.807) is 11.8 Å². The molecule has 4 nitrogen and oxygen atoms in total. The van der Waals surface area contributed by atoms with Crippen molar-refractivity contribution in [2.45, 2.75) is 29.4 Å². The van der Waals surface area contributed by atoms with Crippen molar-refractivity contribution in [3.8, 4) is 0 Å². The van der Waals surface area contributed by atoms with Crippen LogP contribution in [0.15, 0.2) is 52.6 Å². The third kappa shape index (κ3) is 2.69. The Morgan fingerprint density at radius 3 is 2.80 bits per heavy atom. The molecule has 1 atom stereocenters. The molecule has 3 rings (SSSR count). The Morgan fingerprint density at radius 1 is 1.25 bits per heavy atom. The second kappa shape index (κ2) is 5.64. The molecule has 0 amide bonds. The molecule has 5 heteroatoms. The first-order valence-electron chi connectivity index (χ1n) is 6.60. The maximum atomic E-state index is 5.96. The Bertz CT molecular complexity index is 672. The maximum absolute atomic E-state index is 5.96. The Labute approximate surface area is 121 Å². The van der Waals surface area contributed by atoms with Crippen LogP contribution in [0.5, 0.6) is 0 Å². The third-order valence-corrected chi connectivity index (χ3v) is 4.03. The number of benzene rings is 1. The van der Waals surface area contributed by atoms with E-state index in [4.69, 9.17) is 5.73 Å². The monoisotopic (exact) mass is 284 g/mol. The third-order valence-electron chi connectivity index (χ3n) is 3.16. The van der Waals surface area contributed by atoms with Gasteiger partial charge in [-0.25, -0.2) is 4.98 Å². The van der Waals surface area contributed by atoms with Crippen molar-refractivity contribution >= 4 is 22.8 Å². The highest BCUT2D eigenvalue weighted by Gasteiger charge is 2.07. The van der Waals surface area contributed by atoms with Crippen molar-refractivity contribution < 1.29 is 0 Å². The van der Waals surface area contributed by atoms with Crippen molar-refractivity contribution in [1.82, 2.24) is 15.0 Å². The summed E-state index contributed by atoms with van der Waals surface area (Å²) in [5.41, 5.74) is 8.92. The van der Waals surface area contributed by atoms with Crippen LogP contribution in [-0.2, 0) is 0 Å². The van der Waals surface area contributed by atoms with Crippen molar-refractivity contribution in [2.24, 2.45) is 5.73 Å². The first-order valence-corrected chi connectivity index (χ1v) is 7.42. The molecule has 0 spiro atoms. The van der Waals surface area contributed by atoms with Gasteiger partial charge in [-0.2, -0.15) is 0 Å². The smallest absolute Gasteiger partial charge is 0.171 e. The quantitative estimate of drug-likeness (QED) is 0.769. The first kappa shape index (κ1) is 13.1. The van der Waals surface area contributed by atoms with Gasteiger partial charge in [0.05, 0.1) is 16.7 Å². The molecule has 102 valence electrons. The molecule has 0 saturated heterocycles. The number of imidazole rings is 1. The van der Waals surface area contributed by atoms with Gasteiger partial charge in [-0.1, -0.05) is 30.8 Å². The number of aromatic nitrogens is 3. The fourth-order valence-electron chi connectivity index (χ4n) is 1.97. The topological polar surface area (TPSA) is 67.6 Å². The minimum absolute atomic E-state index is 0.0141. The van der Waals surface area contributed by atoms with Crippen LogP contribution < -0.4 is 5.73 Å². The molecule has 3 aromatic rings. The molecular formula is C15H16N4S. The summed E-state index contributed by atoms with van der Waals surface area (Å²) in [5.74, 6) is 0. The summed E-state index contributed by atoms with van der Waals surface area (Å²) >= 11 is 1.57. The van der Waals surface area contributed by atoms with Crippen molar-refractivity contribution in [3.63, 3.8) is 0 Å². The van der Waals surface area contributed by atoms with Crippen molar-refractivity contribution in [1.29, 1.82) is 0 Å². The van der Waals surface area contributed by atoms with Crippen molar-refractivity contribution in [3.05, 3.63) is 48.3 Å². The largest absolute Gasteiger partial charge is 0.333 e. The Morgan fingerprint density at radius 2 is 2.10 bits per heavy atom. The van der Waals surface area contributed by atoms with E-state index in [1.165, 1.54) is 0 Å². The highest BCUT2D eigenvalue weighted by molar-refractivity contribution is 7.99. The summed E-state index contributed by atoms with van der Waals surface area (Å²) in [6, 6.07) is 12.0. The van der Waals surface area contributed by atoms with Gasteiger partial charge in [-0.15, -0.1) is 0 Å². The predicted octanol–water partition coefficient (Wildman–Crippen LogP) is 3.52. The molecule has 3 N–H and O–H groups in total. The van der Waals surface area contributed by atoms with Gasteiger partial charge in [-0.3, -0.25) is 4.98 Å². The lowest BCUT2D eigenvalue weighted by molar-refractivity contribution is 0.674. The number of aromatic amines is 1. The summed E-state index contributed by atoms with van der Waals surface area (Å²) in [6.45, 7) is 2.06. The van der Waals surface area contributed by atoms with Crippen LogP contribution in [0.25, 0.3) is 11.0 Å². The number of H-pyrrole nitrogens is 1. The van der Waals surface area contributed by atoms with Crippen LogP contribution in [0, 0.1) is 0 Å². The lowest BCUT2D eigenvalue weighted by Crippen LogP contribution is -2.10. The zero-order chi connectivity index (χ0) is 13.9. The van der Waals surface area contributed by atoms with Gasteiger partial charge in [0.1, 0.15) is 0 Å². The average molecular weight is 284 g/mol. The number of nitrogens with zero attached hydrogens (tertiary/aromatic N) is 2. The number of fused-ring (bicyclic) bond motifs is 1. The molecule has 0 aliphatic carbocycles. The van der Waals surface area contributed by atoms with Gasteiger partial charge < -0.3 is 10.7 Å². The molecular weight excluding hydrogens is 268 g/mol. The van der Waals surface area contributed by atoms with E-state index in [1.807, 2.05) is 42.6 Å². The van der Waals surface area contributed by atoms with Gasteiger partial charge in [0.25, 0.3) is 0 Å². The fourth-order valence-corrected chi connectivity index (χ4v) is 2.74. The Kier molecular flexibility index (Phi) is 3.71. The second-order valence-corrected chi connectivity index (χ2v) is 5.66. The zero-order valence-electron chi connectivity index (χ0n) is 11.2. The van der Waals surface area contributed by atoms with Gasteiger partial charge in [0.2, 0.25) is 0 Å².